The number of fused-ring (bicyclic) bond motifs is 10. The van der Waals surface area contributed by atoms with E-state index in [-0.39, 0.29) is 5.41 Å². The molecular weight excluding hydrogens is 635 g/mol. The van der Waals surface area contributed by atoms with Gasteiger partial charge in [-0.1, -0.05) is 111 Å². The average molecular weight is 668 g/mol. The van der Waals surface area contributed by atoms with Crippen LogP contribution in [0.15, 0.2) is 173 Å². The molecule has 3 nitrogen and oxygen atoms in total. The van der Waals surface area contributed by atoms with Gasteiger partial charge in [-0.25, -0.2) is 0 Å². The lowest BCUT2D eigenvalue weighted by molar-refractivity contribution is 0.660. The molecule has 0 aliphatic heterocycles. The Morgan fingerprint density at radius 3 is 1.88 bits per heavy atom. The van der Waals surface area contributed by atoms with Gasteiger partial charge in [0.05, 0.1) is 5.69 Å². The van der Waals surface area contributed by atoms with Crippen LogP contribution in [0.3, 0.4) is 0 Å². The van der Waals surface area contributed by atoms with E-state index < -0.39 is 0 Å². The average Bonchev–Trinajstić information content (AvgIpc) is 3.81. The van der Waals surface area contributed by atoms with Gasteiger partial charge < -0.3 is 13.7 Å². The molecule has 8 aromatic carbocycles. The molecule has 0 N–H and O–H groups in total. The molecule has 0 saturated carbocycles. The highest BCUT2D eigenvalue weighted by atomic mass is 16.3. The van der Waals surface area contributed by atoms with Gasteiger partial charge in [0.25, 0.3) is 0 Å². The summed E-state index contributed by atoms with van der Waals surface area (Å²) in [6.07, 6.45) is 0. The Morgan fingerprint density at radius 2 is 1.00 bits per heavy atom. The molecule has 0 unspecified atom stereocenters. The maximum absolute atomic E-state index is 6.41. The number of rotatable bonds is 4. The molecule has 10 aromatic rings. The van der Waals surface area contributed by atoms with Gasteiger partial charge >= 0.3 is 0 Å². The Hall–Kier alpha value is -6.58. The van der Waals surface area contributed by atoms with E-state index in [1.54, 1.807) is 0 Å². The number of hydrogen-bond acceptors (Lipinski definition) is 3. The summed E-state index contributed by atoms with van der Waals surface area (Å²) in [5, 5.41) is 6.84. The molecule has 3 heteroatoms. The fourth-order valence-electron chi connectivity index (χ4n) is 8.65. The third-order valence-electron chi connectivity index (χ3n) is 11.2. The second-order valence-corrected chi connectivity index (χ2v) is 14.5. The van der Waals surface area contributed by atoms with Crippen LogP contribution in [0, 0.1) is 0 Å². The zero-order valence-electron chi connectivity index (χ0n) is 28.9. The van der Waals surface area contributed by atoms with Crippen molar-refractivity contribution in [3.8, 4) is 22.3 Å². The Kier molecular flexibility index (Phi) is 6.01. The second kappa shape index (κ2) is 10.7. The van der Waals surface area contributed by atoms with Crippen LogP contribution in [0.25, 0.3) is 76.9 Å². The van der Waals surface area contributed by atoms with Crippen molar-refractivity contribution in [1.82, 2.24) is 0 Å². The molecule has 246 valence electrons. The van der Waals surface area contributed by atoms with Gasteiger partial charge in [0.1, 0.15) is 22.3 Å². The van der Waals surface area contributed by atoms with Crippen molar-refractivity contribution >= 4 is 71.7 Å². The van der Waals surface area contributed by atoms with Crippen LogP contribution in [0.4, 0.5) is 17.1 Å². The first kappa shape index (κ1) is 29.2. The van der Waals surface area contributed by atoms with Crippen molar-refractivity contribution in [1.29, 1.82) is 0 Å². The molecule has 52 heavy (non-hydrogen) atoms. The van der Waals surface area contributed by atoms with Gasteiger partial charge in [-0.2, -0.15) is 0 Å². The minimum atomic E-state index is -0.130. The third-order valence-corrected chi connectivity index (χ3v) is 11.2. The van der Waals surface area contributed by atoms with E-state index in [1.807, 2.05) is 12.1 Å². The molecule has 0 spiro atoms. The maximum Gasteiger partial charge on any atom is 0.136 e. The summed E-state index contributed by atoms with van der Waals surface area (Å²) < 4.78 is 12.7. The zero-order valence-corrected chi connectivity index (χ0v) is 28.9. The molecule has 0 fully saturated rings. The standard InChI is InChI=1S/C49H33NO2/c1-49(2)42-16-8-5-14-36(42)37-22-20-34(29-43(37)49)50(33-21-24-47-41(28-33)38-15-7-10-18-45(38)51-47)44-17-9-6-13-35(44)32-19-23-46-39(26-32)40-25-30-11-3-4-12-31(30)27-48(40)52-46/h3-29H,1-2H3. The van der Waals surface area contributed by atoms with Gasteiger partial charge in [0, 0.05) is 43.9 Å². The summed E-state index contributed by atoms with van der Waals surface area (Å²) >= 11 is 0. The molecule has 11 rings (SSSR count). The van der Waals surface area contributed by atoms with Crippen LogP contribution in [-0.4, -0.2) is 0 Å². The smallest absolute Gasteiger partial charge is 0.136 e. The summed E-state index contributed by atoms with van der Waals surface area (Å²) in [5.41, 5.74) is 14.3. The molecule has 0 saturated heterocycles. The highest BCUT2D eigenvalue weighted by Crippen LogP contribution is 2.51. The van der Waals surface area contributed by atoms with Gasteiger partial charge in [0.15, 0.2) is 0 Å². The van der Waals surface area contributed by atoms with Crippen molar-refractivity contribution in [3.05, 3.63) is 175 Å². The predicted octanol–water partition coefficient (Wildman–Crippen LogP) is 14.1. The van der Waals surface area contributed by atoms with E-state index in [0.29, 0.717) is 0 Å². The van der Waals surface area contributed by atoms with Crippen molar-refractivity contribution in [2.45, 2.75) is 19.3 Å². The molecule has 2 aromatic heterocycles. The first-order chi connectivity index (χ1) is 25.5. The minimum Gasteiger partial charge on any atom is -0.456 e. The van der Waals surface area contributed by atoms with Crippen molar-refractivity contribution in [3.63, 3.8) is 0 Å². The molecule has 1 aliphatic rings. The Labute approximate surface area is 301 Å². The number of benzene rings is 8. The number of furan rings is 2. The lowest BCUT2D eigenvalue weighted by Crippen LogP contribution is -2.16. The van der Waals surface area contributed by atoms with Crippen LogP contribution in [0.5, 0.6) is 0 Å². The first-order valence-electron chi connectivity index (χ1n) is 17.9. The van der Waals surface area contributed by atoms with Gasteiger partial charge in [-0.15, -0.1) is 0 Å². The summed E-state index contributed by atoms with van der Waals surface area (Å²) in [6.45, 7) is 4.69. The highest BCUT2D eigenvalue weighted by Gasteiger charge is 2.36. The Balaban J connectivity index is 1.14. The van der Waals surface area contributed by atoms with E-state index in [1.165, 1.54) is 33.0 Å². The van der Waals surface area contributed by atoms with Crippen LogP contribution >= 0.6 is 0 Å². The number of nitrogens with zero attached hydrogens (tertiary/aromatic N) is 1. The second-order valence-electron chi connectivity index (χ2n) is 14.5. The summed E-state index contributed by atoms with van der Waals surface area (Å²) in [7, 11) is 0. The van der Waals surface area contributed by atoms with E-state index in [2.05, 4.69) is 170 Å². The zero-order chi connectivity index (χ0) is 34.6. The molecule has 0 atom stereocenters. The highest BCUT2D eigenvalue weighted by molar-refractivity contribution is 6.11. The van der Waals surface area contributed by atoms with Gasteiger partial charge in [-0.05, 0) is 105 Å². The molecule has 2 heterocycles. The fourth-order valence-corrected chi connectivity index (χ4v) is 8.65. The topological polar surface area (TPSA) is 29.5 Å². The van der Waals surface area contributed by atoms with Gasteiger partial charge in [-0.3, -0.25) is 0 Å². The molecule has 0 radical (unpaired) electrons. The Morgan fingerprint density at radius 1 is 0.404 bits per heavy atom. The van der Waals surface area contributed by atoms with Crippen molar-refractivity contribution in [2.24, 2.45) is 0 Å². The molecular formula is C49H33NO2. The van der Waals surface area contributed by atoms with E-state index in [9.17, 15) is 0 Å². The summed E-state index contributed by atoms with van der Waals surface area (Å²) in [6, 6.07) is 59.0. The Bertz CT molecular complexity index is 3070. The van der Waals surface area contributed by atoms with Crippen LogP contribution in [0.2, 0.25) is 0 Å². The molecule has 0 amide bonds. The van der Waals surface area contributed by atoms with Crippen LogP contribution in [-0.2, 0) is 5.41 Å². The predicted molar refractivity (Wildman–Crippen MR) is 216 cm³/mol. The molecule has 0 bridgehead atoms. The van der Waals surface area contributed by atoms with E-state index in [4.69, 9.17) is 8.83 Å². The largest absolute Gasteiger partial charge is 0.456 e. The monoisotopic (exact) mass is 667 g/mol. The number of hydrogen-bond donors (Lipinski definition) is 0. The summed E-state index contributed by atoms with van der Waals surface area (Å²) in [5.74, 6) is 0. The SMILES string of the molecule is CC1(C)c2ccccc2-c2ccc(N(c3ccc4oc5ccccc5c4c3)c3ccccc3-c3ccc4oc5cc6ccccc6cc5c4c3)cc21. The van der Waals surface area contributed by atoms with Crippen molar-refractivity contribution in [2.75, 3.05) is 4.90 Å². The fraction of sp³-hybridized carbons (Fsp3) is 0.0612. The maximum atomic E-state index is 6.41. The lowest BCUT2D eigenvalue weighted by Gasteiger charge is -2.30. The third kappa shape index (κ3) is 4.20. The normalized spacial score (nSPS) is 13.3. The van der Waals surface area contributed by atoms with Crippen LogP contribution < -0.4 is 4.90 Å². The molecule has 1 aliphatic carbocycles. The number of para-hydroxylation sites is 2. The van der Waals surface area contributed by atoms with Crippen LogP contribution in [0.1, 0.15) is 25.0 Å². The summed E-state index contributed by atoms with van der Waals surface area (Å²) in [4.78, 5) is 2.42. The first-order valence-corrected chi connectivity index (χ1v) is 17.9. The quantitative estimate of drug-likeness (QED) is 0.187. The number of anilines is 3. The lowest BCUT2D eigenvalue weighted by atomic mass is 9.82. The van der Waals surface area contributed by atoms with Crippen molar-refractivity contribution < 1.29 is 8.83 Å². The van der Waals surface area contributed by atoms with Gasteiger partial charge in [0.2, 0.25) is 0 Å². The minimum absolute atomic E-state index is 0.130. The van der Waals surface area contributed by atoms with E-state index in [0.717, 1.165) is 72.1 Å². The van der Waals surface area contributed by atoms with E-state index >= 15 is 0 Å².